The molecule has 9 nitrogen and oxygen atoms in total. The summed E-state index contributed by atoms with van der Waals surface area (Å²) in [6.45, 7) is 8.31. The van der Waals surface area contributed by atoms with Crippen LogP contribution in [0.2, 0.25) is 0 Å². The molecule has 0 amide bonds. The van der Waals surface area contributed by atoms with Crippen molar-refractivity contribution in [3.63, 3.8) is 0 Å². The van der Waals surface area contributed by atoms with Crippen LogP contribution in [-0.2, 0) is 38.1 Å². The van der Waals surface area contributed by atoms with E-state index in [9.17, 15) is 19.2 Å². The second-order valence-electron chi connectivity index (χ2n) is 12.1. The molecule has 5 rings (SSSR count). The van der Waals surface area contributed by atoms with E-state index in [1.807, 2.05) is 12.2 Å². The minimum absolute atomic E-state index is 0.0723. The third-order valence-corrected chi connectivity index (χ3v) is 8.92. The molecule has 9 heteroatoms. The zero-order valence-electron chi connectivity index (χ0n) is 22.2. The molecule has 4 fully saturated rings. The molecule has 0 aromatic rings. The average Bonchev–Trinajstić information content (AvgIpc) is 3.34. The molecule has 0 aromatic carbocycles. The van der Waals surface area contributed by atoms with E-state index >= 15 is 0 Å². The maximum Gasteiger partial charge on any atom is 0.508 e. The molecule has 1 aliphatic heterocycles. The first-order valence-corrected chi connectivity index (χ1v) is 13.4. The van der Waals surface area contributed by atoms with Gasteiger partial charge in [-0.1, -0.05) is 24.8 Å². The monoisotopic (exact) mass is 528 g/mol. The Bertz CT molecular complexity index is 1110. The maximum atomic E-state index is 13.1. The van der Waals surface area contributed by atoms with Crippen molar-refractivity contribution in [2.24, 2.45) is 28.6 Å². The van der Waals surface area contributed by atoms with Gasteiger partial charge >= 0.3 is 24.1 Å². The smallest absolute Gasteiger partial charge is 0.461 e. The summed E-state index contributed by atoms with van der Waals surface area (Å²) in [6.07, 6.45) is 9.89. The van der Waals surface area contributed by atoms with Crippen molar-refractivity contribution >= 4 is 24.1 Å². The van der Waals surface area contributed by atoms with Crippen LogP contribution >= 0.6 is 0 Å². The molecule has 0 N–H and O–H groups in total. The Morgan fingerprint density at radius 1 is 1.08 bits per heavy atom. The van der Waals surface area contributed by atoms with E-state index in [1.54, 1.807) is 32.9 Å². The summed E-state index contributed by atoms with van der Waals surface area (Å²) >= 11 is 0. The van der Waals surface area contributed by atoms with Gasteiger partial charge in [-0.2, -0.15) is 0 Å². The Balaban J connectivity index is 1.12. The van der Waals surface area contributed by atoms with E-state index in [0.29, 0.717) is 12.3 Å². The van der Waals surface area contributed by atoms with Gasteiger partial charge in [0.2, 0.25) is 0 Å². The van der Waals surface area contributed by atoms with Crippen LogP contribution in [0.3, 0.4) is 0 Å². The average molecular weight is 529 g/mol. The fourth-order valence-electron chi connectivity index (χ4n) is 7.52. The SMILES string of the molecule is C=C(C)C(=O)OC1(C)C=CCC=CC(C)(C(=O)OCCOC(=O)OC2C3CC4CC5C(=O)OC2C5(C4)C3)C1. The molecule has 3 saturated carbocycles. The topological polar surface area (TPSA) is 114 Å². The van der Waals surface area contributed by atoms with E-state index in [4.69, 9.17) is 23.7 Å². The molecular formula is C29H36O9. The molecule has 0 aromatic heterocycles. The number of fused-ring (bicyclic) bond motifs is 2. The van der Waals surface area contributed by atoms with Crippen LogP contribution in [0.5, 0.6) is 0 Å². The first-order chi connectivity index (χ1) is 17.9. The number of hydrogen-bond acceptors (Lipinski definition) is 9. The normalized spacial score (nSPS) is 40.1. The highest BCUT2D eigenvalue weighted by Crippen LogP contribution is 2.68. The number of rotatable bonds is 7. The minimum Gasteiger partial charge on any atom is -0.461 e. The van der Waals surface area contributed by atoms with E-state index in [0.717, 1.165) is 25.7 Å². The molecule has 1 heterocycles. The quantitative estimate of drug-likeness (QED) is 0.158. The van der Waals surface area contributed by atoms with Gasteiger partial charge in [-0.05, 0) is 64.9 Å². The van der Waals surface area contributed by atoms with Gasteiger partial charge in [0.1, 0.15) is 31.0 Å². The summed E-state index contributed by atoms with van der Waals surface area (Å²) < 4.78 is 27.6. The third kappa shape index (κ3) is 4.64. The standard InChI is InChI=1S/C29H36O9/c1-17(2)23(30)38-28(4)9-7-5-6-8-27(3,16-28)25(32)34-10-11-35-26(33)36-21-19-12-18-13-20-24(31)37-22(21)29(20,14-18)15-19/h6-9,18-22H,1,5,10-16H2,2-4H3. The molecule has 8 unspecified atom stereocenters. The summed E-state index contributed by atoms with van der Waals surface area (Å²) in [5.41, 5.74) is -2.02. The summed E-state index contributed by atoms with van der Waals surface area (Å²) in [5.74, 6) is -0.631. The lowest BCUT2D eigenvalue weighted by molar-refractivity contribution is -0.161. The second kappa shape index (κ2) is 9.58. The van der Waals surface area contributed by atoms with E-state index < -0.39 is 41.3 Å². The highest BCUT2D eigenvalue weighted by molar-refractivity contribution is 5.87. The number of ether oxygens (including phenoxy) is 5. The number of carbonyl (C=O) groups is 4. The molecule has 5 aliphatic rings. The van der Waals surface area contributed by atoms with Crippen LogP contribution in [0.4, 0.5) is 4.79 Å². The van der Waals surface area contributed by atoms with Crippen LogP contribution in [-0.4, -0.2) is 55.1 Å². The number of hydrogen-bond donors (Lipinski definition) is 0. The third-order valence-electron chi connectivity index (χ3n) is 8.92. The fourth-order valence-corrected chi connectivity index (χ4v) is 7.52. The van der Waals surface area contributed by atoms with Gasteiger partial charge in [0, 0.05) is 23.3 Å². The van der Waals surface area contributed by atoms with Crippen molar-refractivity contribution < 1.29 is 42.9 Å². The number of carbonyl (C=O) groups excluding carboxylic acids is 4. The van der Waals surface area contributed by atoms with Gasteiger partial charge in [0.15, 0.2) is 0 Å². The van der Waals surface area contributed by atoms with Gasteiger partial charge in [0.25, 0.3) is 0 Å². The summed E-state index contributed by atoms with van der Waals surface area (Å²) in [4.78, 5) is 50.1. The van der Waals surface area contributed by atoms with Crippen molar-refractivity contribution in [3.05, 3.63) is 36.5 Å². The minimum atomic E-state index is -1.07. The van der Waals surface area contributed by atoms with Crippen LogP contribution in [0.1, 0.15) is 59.3 Å². The highest BCUT2D eigenvalue weighted by atomic mass is 16.7. The molecule has 38 heavy (non-hydrogen) atoms. The number of esters is 3. The summed E-state index contributed by atoms with van der Waals surface area (Å²) in [7, 11) is 0. The second-order valence-corrected chi connectivity index (χ2v) is 12.1. The van der Waals surface area contributed by atoms with Crippen LogP contribution in [0, 0.1) is 28.6 Å². The van der Waals surface area contributed by atoms with Crippen molar-refractivity contribution in [2.45, 2.75) is 77.1 Å². The predicted octanol–water partition coefficient (Wildman–Crippen LogP) is 4.20. The Morgan fingerprint density at radius 3 is 2.58 bits per heavy atom. The molecular weight excluding hydrogens is 492 g/mol. The fraction of sp³-hybridized carbons (Fsp3) is 0.655. The van der Waals surface area contributed by atoms with Crippen LogP contribution < -0.4 is 0 Å². The molecule has 1 spiro atoms. The summed E-state index contributed by atoms with van der Waals surface area (Å²) in [5, 5.41) is 0. The number of allylic oxidation sites excluding steroid dienone is 2. The lowest BCUT2D eigenvalue weighted by atomic mass is 9.73. The maximum absolute atomic E-state index is 13.1. The van der Waals surface area contributed by atoms with E-state index in [-0.39, 0.29) is 48.4 Å². The van der Waals surface area contributed by atoms with Gasteiger partial charge in [0.05, 0.1) is 11.3 Å². The molecule has 3 bridgehead atoms. The molecule has 4 aliphatic carbocycles. The van der Waals surface area contributed by atoms with Gasteiger partial charge in [-0.15, -0.1) is 0 Å². The van der Waals surface area contributed by atoms with Crippen molar-refractivity contribution in [2.75, 3.05) is 13.2 Å². The largest absolute Gasteiger partial charge is 0.508 e. The Labute approximate surface area is 222 Å². The molecule has 8 atom stereocenters. The molecule has 206 valence electrons. The van der Waals surface area contributed by atoms with Gasteiger partial charge in [-0.3, -0.25) is 9.59 Å². The lowest BCUT2D eigenvalue weighted by Crippen LogP contribution is -2.41. The molecule has 1 saturated heterocycles. The zero-order valence-corrected chi connectivity index (χ0v) is 22.2. The van der Waals surface area contributed by atoms with E-state index in [2.05, 4.69) is 6.58 Å². The van der Waals surface area contributed by atoms with E-state index in [1.165, 1.54) is 0 Å². The highest BCUT2D eigenvalue weighted by Gasteiger charge is 2.72. The van der Waals surface area contributed by atoms with Gasteiger partial charge in [-0.25, -0.2) is 9.59 Å². The lowest BCUT2D eigenvalue weighted by Gasteiger charge is -2.35. The first kappa shape index (κ1) is 26.5. The van der Waals surface area contributed by atoms with Crippen LogP contribution in [0.25, 0.3) is 0 Å². The molecule has 0 radical (unpaired) electrons. The van der Waals surface area contributed by atoms with Gasteiger partial charge < -0.3 is 23.7 Å². The Hall–Kier alpha value is -3.10. The van der Waals surface area contributed by atoms with Crippen molar-refractivity contribution in [3.8, 4) is 0 Å². The van der Waals surface area contributed by atoms with Crippen molar-refractivity contribution in [1.82, 2.24) is 0 Å². The Morgan fingerprint density at radius 2 is 1.82 bits per heavy atom. The Kier molecular flexibility index (Phi) is 6.68. The van der Waals surface area contributed by atoms with Crippen molar-refractivity contribution in [1.29, 1.82) is 0 Å². The predicted molar refractivity (Wildman–Crippen MR) is 133 cm³/mol. The summed E-state index contributed by atoms with van der Waals surface area (Å²) in [6, 6.07) is 0. The van der Waals surface area contributed by atoms with Crippen LogP contribution in [0.15, 0.2) is 36.5 Å². The first-order valence-electron chi connectivity index (χ1n) is 13.4. The zero-order chi connectivity index (χ0) is 27.3.